The van der Waals surface area contributed by atoms with E-state index in [1.54, 1.807) is 11.0 Å². The van der Waals surface area contributed by atoms with Crippen LogP contribution in [0.3, 0.4) is 0 Å². The molecule has 2 aromatic rings. The van der Waals surface area contributed by atoms with E-state index >= 15 is 0 Å². The predicted octanol–water partition coefficient (Wildman–Crippen LogP) is 3.98. The minimum absolute atomic E-state index is 0.0881. The summed E-state index contributed by atoms with van der Waals surface area (Å²) in [6.07, 6.45) is 3.40. The van der Waals surface area contributed by atoms with Gasteiger partial charge in [0.25, 0.3) is 5.91 Å². The van der Waals surface area contributed by atoms with Gasteiger partial charge >= 0.3 is 0 Å². The van der Waals surface area contributed by atoms with Gasteiger partial charge in [-0.05, 0) is 61.2 Å². The van der Waals surface area contributed by atoms with Crippen molar-refractivity contribution in [3.63, 3.8) is 0 Å². The zero-order chi connectivity index (χ0) is 19.7. The molecule has 28 heavy (non-hydrogen) atoms. The van der Waals surface area contributed by atoms with Crippen molar-refractivity contribution in [2.45, 2.75) is 32.6 Å². The van der Waals surface area contributed by atoms with E-state index < -0.39 is 0 Å². The molecule has 1 N–H and O–H groups in total. The molecule has 0 saturated carbocycles. The van der Waals surface area contributed by atoms with Crippen molar-refractivity contribution in [1.29, 1.82) is 0 Å². The summed E-state index contributed by atoms with van der Waals surface area (Å²) < 4.78 is 14.1. The first-order valence-corrected chi connectivity index (χ1v) is 9.85. The molecular weight excluding hydrogens is 357 g/mol. The monoisotopic (exact) mass is 381 g/mol. The first-order valence-electron chi connectivity index (χ1n) is 9.85. The largest absolute Gasteiger partial charge is 0.371 e. The van der Waals surface area contributed by atoms with Crippen molar-refractivity contribution < 1.29 is 14.0 Å². The zero-order valence-electron chi connectivity index (χ0n) is 16.0. The summed E-state index contributed by atoms with van der Waals surface area (Å²) in [6, 6.07) is 10.0. The van der Waals surface area contributed by atoms with E-state index in [9.17, 15) is 14.0 Å². The summed E-state index contributed by atoms with van der Waals surface area (Å²) in [5.74, 6) is -0.548. The Bertz CT molecular complexity index is 922. The molecule has 0 aliphatic carbocycles. The Morgan fingerprint density at radius 1 is 1.07 bits per heavy atom. The van der Waals surface area contributed by atoms with Crippen LogP contribution in [-0.2, 0) is 11.2 Å². The SMILES string of the molecule is CCC(=O)N1CCc2cc(C(=O)Nc3cc(F)cc(N4CCCC4)c3)ccc21. The fraction of sp³-hybridized carbons (Fsp3) is 0.364. The number of nitrogens with zero attached hydrogens (tertiary/aromatic N) is 2. The Balaban J connectivity index is 1.52. The fourth-order valence-electron chi connectivity index (χ4n) is 4.00. The van der Waals surface area contributed by atoms with Crippen LogP contribution in [0.15, 0.2) is 36.4 Å². The van der Waals surface area contributed by atoms with Gasteiger partial charge in [0, 0.05) is 48.7 Å². The van der Waals surface area contributed by atoms with Crippen molar-refractivity contribution in [2.75, 3.05) is 34.8 Å². The molecule has 2 aliphatic heterocycles. The Kier molecular flexibility index (Phi) is 5.03. The summed E-state index contributed by atoms with van der Waals surface area (Å²) in [4.78, 5) is 28.6. The molecule has 1 saturated heterocycles. The summed E-state index contributed by atoms with van der Waals surface area (Å²) in [5, 5.41) is 2.81. The summed E-state index contributed by atoms with van der Waals surface area (Å²) >= 11 is 0. The van der Waals surface area contributed by atoms with Crippen LogP contribution in [0.4, 0.5) is 21.5 Å². The number of carbonyl (C=O) groups excluding carboxylic acids is 2. The molecule has 2 aromatic carbocycles. The number of carbonyl (C=O) groups is 2. The fourth-order valence-corrected chi connectivity index (χ4v) is 4.00. The maximum atomic E-state index is 14.1. The topological polar surface area (TPSA) is 52.7 Å². The first kappa shape index (κ1) is 18.5. The smallest absolute Gasteiger partial charge is 0.255 e. The number of nitrogens with one attached hydrogen (secondary N) is 1. The highest BCUT2D eigenvalue weighted by Gasteiger charge is 2.24. The minimum atomic E-state index is -0.359. The van der Waals surface area contributed by atoms with Crippen molar-refractivity contribution in [2.24, 2.45) is 0 Å². The van der Waals surface area contributed by atoms with Gasteiger partial charge in [-0.3, -0.25) is 9.59 Å². The van der Waals surface area contributed by atoms with Crippen molar-refractivity contribution in [3.05, 3.63) is 53.3 Å². The Morgan fingerprint density at radius 3 is 2.61 bits per heavy atom. The van der Waals surface area contributed by atoms with Gasteiger partial charge in [-0.25, -0.2) is 4.39 Å². The van der Waals surface area contributed by atoms with E-state index in [-0.39, 0.29) is 17.6 Å². The highest BCUT2D eigenvalue weighted by atomic mass is 19.1. The molecule has 0 unspecified atom stereocenters. The maximum absolute atomic E-state index is 14.1. The van der Waals surface area contributed by atoms with Crippen LogP contribution in [-0.4, -0.2) is 31.4 Å². The number of anilines is 3. The second kappa shape index (κ2) is 7.62. The highest BCUT2D eigenvalue weighted by Crippen LogP contribution is 2.30. The van der Waals surface area contributed by atoms with Crippen molar-refractivity contribution in [3.8, 4) is 0 Å². The van der Waals surface area contributed by atoms with Gasteiger partial charge in [0.2, 0.25) is 5.91 Å². The molecule has 5 nitrogen and oxygen atoms in total. The third-order valence-electron chi connectivity index (χ3n) is 5.45. The van der Waals surface area contributed by atoms with Crippen LogP contribution < -0.4 is 15.1 Å². The van der Waals surface area contributed by atoms with Gasteiger partial charge in [0.1, 0.15) is 5.82 Å². The van der Waals surface area contributed by atoms with Crippen LogP contribution >= 0.6 is 0 Å². The van der Waals surface area contributed by atoms with E-state index in [4.69, 9.17) is 0 Å². The van der Waals surface area contributed by atoms with Gasteiger partial charge in [0.05, 0.1) is 0 Å². The molecule has 6 heteroatoms. The molecule has 4 rings (SSSR count). The van der Waals surface area contributed by atoms with Gasteiger partial charge in [-0.15, -0.1) is 0 Å². The number of hydrogen-bond acceptors (Lipinski definition) is 3. The Morgan fingerprint density at radius 2 is 1.86 bits per heavy atom. The molecule has 0 radical (unpaired) electrons. The number of fused-ring (bicyclic) bond motifs is 1. The van der Waals surface area contributed by atoms with E-state index in [0.717, 1.165) is 49.3 Å². The third kappa shape index (κ3) is 3.59. The molecule has 0 spiro atoms. The number of hydrogen-bond donors (Lipinski definition) is 1. The highest BCUT2D eigenvalue weighted by molar-refractivity contribution is 6.05. The van der Waals surface area contributed by atoms with Crippen molar-refractivity contribution >= 4 is 28.9 Å². The summed E-state index contributed by atoms with van der Waals surface area (Å²) in [7, 11) is 0. The Labute approximate surface area is 164 Å². The lowest BCUT2D eigenvalue weighted by molar-refractivity contribution is -0.118. The summed E-state index contributed by atoms with van der Waals surface area (Å²) in [6.45, 7) is 4.32. The van der Waals surface area contributed by atoms with E-state index in [0.29, 0.717) is 24.2 Å². The molecule has 0 bridgehead atoms. The zero-order valence-corrected chi connectivity index (χ0v) is 16.0. The molecule has 2 amide bonds. The lowest BCUT2D eigenvalue weighted by atomic mass is 10.1. The van der Waals surface area contributed by atoms with Crippen LogP contribution in [0.2, 0.25) is 0 Å². The second-order valence-electron chi connectivity index (χ2n) is 7.34. The lowest BCUT2D eigenvalue weighted by Crippen LogP contribution is -2.27. The quantitative estimate of drug-likeness (QED) is 0.872. The van der Waals surface area contributed by atoms with E-state index in [2.05, 4.69) is 10.2 Å². The molecule has 1 fully saturated rings. The molecule has 2 aliphatic rings. The third-order valence-corrected chi connectivity index (χ3v) is 5.45. The van der Waals surface area contributed by atoms with Gasteiger partial charge in [-0.1, -0.05) is 6.92 Å². The number of rotatable bonds is 4. The Hall–Kier alpha value is -2.89. The first-order chi connectivity index (χ1) is 13.5. The maximum Gasteiger partial charge on any atom is 0.255 e. The van der Waals surface area contributed by atoms with Gasteiger partial charge in [-0.2, -0.15) is 0 Å². The molecule has 0 atom stereocenters. The normalized spacial score (nSPS) is 15.6. The average molecular weight is 381 g/mol. The van der Waals surface area contributed by atoms with Gasteiger partial charge < -0.3 is 15.1 Å². The van der Waals surface area contributed by atoms with Crippen LogP contribution in [0, 0.1) is 5.82 Å². The number of benzene rings is 2. The van der Waals surface area contributed by atoms with E-state index in [1.165, 1.54) is 12.1 Å². The van der Waals surface area contributed by atoms with Crippen LogP contribution in [0.1, 0.15) is 42.1 Å². The lowest BCUT2D eigenvalue weighted by Gasteiger charge is -2.19. The standard InChI is InChI=1S/C22H24FN3O2/c1-2-21(27)26-10-7-15-11-16(5-6-20(15)26)22(28)24-18-12-17(23)13-19(14-18)25-8-3-4-9-25/h5-6,11-14H,2-4,7-10H2,1H3,(H,24,28). The summed E-state index contributed by atoms with van der Waals surface area (Å²) in [5.41, 5.74) is 3.64. The number of halogens is 1. The molecule has 2 heterocycles. The predicted molar refractivity (Wildman–Crippen MR) is 109 cm³/mol. The van der Waals surface area contributed by atoms with Crippen LogP contribution in [0.25, 0.3) is 0 Å². The number of amides is 2. The average Bonchev–Trinajstić information content (AvgIpc) is 3.36. The molecule has 146 valence electrons. The van der Waals surface area contributed by atoms with Crippen LogP contribution in [0.5, 0.6) is 0 Å². The van der Waals surface area contributed by atoms with Gasteiger partial charge in [0.15, 0.2) is 0 Å². The van der Waals surface area contributed by atoms with E-state index in [1.807, 2.05) is 25.1 Å². The second-order valence-corrected chi connectivity index (χ2v) is 7.34. The minimum Gasteiger partial charge on any atom is -0.371 e. The van der Waals surface area contributed by atoms with Crippen molar-refractivity contribution in [1.82, 2.24) is 0 Å². The molecular formula is C22H24FN3O2. The molecule has 0 aromatic heterocycles.